The second-order valence-corrected chi connectivity index (χ2v) is 5.98. The van der Waals surface area contributed by atoms with Gasteiger partial charge in [0, 0.05) is 23.0 Å². The Labute approximate surface area is 96.1 Å². The van der Waals surface area contributed by atoms with E-state index in [0.29, 0.717) is 5.03 Å². The van der Waals surface area contributed by atoms with Crippen molar-refractivity contribution in [2.75, 3.05) is 13.6 Å². The third-order valence-electron chi connectivity index (χ3n) is 1.50. The number of hydrogen-bond donors (Lipinski definition) is 0. The maximum absolute atomic E-state index is 5.70. The molecule has 0 amide bonds. The van der Waals surface area contributed by atoms with Gasteiger partial charge in [-0.15, -0.1) is 11.3 Å². The topological polar surface area (TPSA) is 3.24 Å². The molecule has 0 unspecified atom stereocenters. The number of thiophene rings is 1. The van der Waals surface area contributed by atoms with Crippen molar-refractivity contribution in [3.63, 3.8) is 0 Å². The van der Waals surface area contributed by atoms with Crippen LogP contribution in [0.15, 0.2) is 27.5 Å². The van der Waals surface area contributed by atoms with Crippen molar-refractivity contribution in [1.29, 1.82) is 0 Å². The maximum atomic E-state index is 5.70. The molecule has 0 saturated carbocycles. The van der Waals surface area contributed by atoms with Crippen molar-refractivity contribution in [3.8, 4) is 0 Å². The van der Waals surface area contributed by atoms with Crippen molar-refractivity contribution < 1.29 is 0 Å². The lowest BCUT2D eigenvalue weighted by atomic mass is 10.4. The van der Waals surface area contributed by atoms with Gasteiger partial charge < -0.3 is 0 Å². The standard InChI is InChI=1S/C9H11BrClNS/c1-7(11)5-12(2)6-8-3-4-9(10)13-8/h3-4H,1,5-6H2,2H3. The molecule has 0 aliphatic carbocycles. The molecule has 1 nitrogen and oxygen atoms in total. The van der Waals surface area contributed by atoms with E-state index >= 15 is 0 Å². The molecule has 0 saturated heterocycles. The zero-order chi connectivity index (χ0) is 9.84. The molecule has 0 N–H and O–H groups in total. The van der Waals surface area contributed by atoms with Crippen LogP contribution in [0.2, 0.25) is 0 Å². The van der Waals surface area contributed by atoms with Crippen molar-refractivity contribution in [2.24, 2.45) is 0 Å². The smallest absolute Gasteiger partial charge is 0.0701 e. The molecular formula is C9H11BrClNS. The number of nitrogens with zero attached hydrogens (tertiary/aromatic N) is 1. The highest BCUT2D eigenvalue weighted by atomic mass is 79.9. The molecular weight excluding hydrogens is 270 g/mol. The summed E-state index contributed by atoms with van der Waals surface area (Å²) in [6.07, 6.45) is 0. The van der Waals surface area contributed by atoms with E-state index in [1.807, 2.05) is 7.05 Å². The van der Waals surface area contributed by atoms with Gasteiger partial charge in [-0.2, -0.15) is 0 Å². The van der Waals surface area contributed by atoms with Crippen molar-refractivity contribution in [3.05, 3.63) is 32.4 Å². The number of rotatable bonds is 4. The predicted molar refractivity (Wildman–Crippen MR) is 63.3 cm³/mol. The molecule has 0 aromatic carbocycles. The lowest BCUT2D eigenvalue weighted by molar-refractivity contribution is 0.364. The minimum Gasteiger partial charge on any atom is -0.296 e. The number of hydrogen-bond acceptors (Lipinski definition) is 2. The highest BCUT2D eigenvalue weighted by Crippen LogP contribution is 2.23. The molecule has 0 aliphatic heterocycles. The van der Waals surface area contributed by atoms with E-state index in [0.717, 1.165) is 13.1 Å². The highest BCUT2D eigenvalue weighted by Gasteiger charge is 2.03. The van der Waals surface area contributed by atoms with Gasteiger partial charge in [0.2, 0.25) is 0 Å². The average molecular weight is 281 g/mol. The van der Waals surface area contributed by atoms with E-state index in [-0.39, 0.29) is 0 Å². The third-order valence-corrected chi connectivity index (χ3v) is 3.22. The van der Waals surface area contributed by atoms with Crippen LogP contribution in [0.4, 0.5) is 0 Å². The van der Waals surface area contributed by atoms with E-state index in [1.54, 1.807) is 11.3 Å². The summed E-state index contributed by atoms with van der Waals surface area (Å²) >= 11 is 10.9. The monoisotopic (exact) mass is 279 g/mol. The summed E-state index contributed by atoms with van der Waals surface area (Å²) in [6.45, 7) is 5.31. The molecule has 0 fully saturated rings. The predicted octanol–water partition coefficient (Wildman–Crippen LogP) is 3.69. The molecule has 0 spiro atoms. The molecule has 1 aromatic heterocycles. The zero-order valence-corrected chi connectivity index (χ0v) is 10.5. The van der Waals surface area contributed by atoms with E-state index in [4.69, 9.17) is 11.6 Å². The van der Waals surface area contributed by atoms with Crippen LogP contribution in [-0.2, 0) is 6.54 Å². The quantitative estimate of drug-likeness (QED) is 0.813. The molecule has 0 radical (unpaired) electrons. The SMILES string of the molecule is C=C(Cl)CN(C)Cc1ccc(Br)s1. The molecule has 0 atom stereocenters. The van der Waals surface area contributed by atoms with Gasteiger partial charge in [-0.25, -0.2) is 0 Å². The van der Waals surface area contributed by atoms with E-state index in [9.17, 15) is 0 Å². The maximum Gasteiger partial charge on any atom is 0.0701 e. The third kappa shape index (κ3) is 4.27. The summed E-state index contributed by atoms with van der Waals surface area (Å²) in [6, 6.07) is 4.17. The Morgan fingerprint density at radius 3 is 2.85 bits per heavy atom. The van der Waals surface area contributed by atoms with E-state index in [1.165, 1.54) is 8.66 Å². The summed E-state index contributed by atoms with van der Waals surface area (Å²) in [5.41, 5.74) is 0. The van der Waals surface area contributed by atoms with Crippen LogP contribution in [-0.4, -0.2) is 18.5 Å². The molecule has 0 aliphatic rings. The van der Waals surface area contributed by atoms with Crippen molar-refractivity contribution in [1.82, 2.24) is 4.90 Å². The van der Waals surface area contributed by atoms with Gasteiger partial charge in [0.1, 0.15) is 0 Å². The van der Waals surface area contributed by atoms with Gasteiger partial charge in [0.05, 0.1) is 3.79 Å². The summed E-state index contributed by atoms with van der Waals surface area (Å²) in [5, 5.41) is 0.679. The minimum atomic E-state index is 0.679. The van der Waals surface area contributed by atoms with Crippen molar-refractivity contribution >= 4 is 38.9 Å². The second kappa shape index (κ2) is 5.15. The summed E-state index contributed by atoms with van der Waals surface area (Å²) in [5.74, 6) is 0. The van der Waals surface area contributed by atoms with E-state index < -0.39 is 0 Å². The first-order valence-corrected chi connectivity index (χ1v) is 5.82. The van der Waals surface area contributed by atoms with Crippen molar-refractivity contribution in [2.45, 2.75) is 6.54 Å². The summed E-state index contributed by atoms with van der Waals surface area (Å²) in [7, 11) is 2.03. The largest absolute Gasteiger partial charge is 0.296 e. The summed E-state index contributed by atoms with van der Waals surface area (Å²) < 4.78 is 1.17. The fourth-order valence-corrected chi connectivity index (χ4v) is 2.82. The first-order valence-electron chi connectivity index (χ1n) is 3.84. The van der Waals surface area contributed by atoms with E-state index in [2.05, 4.69) is 39.5 Å². The molecule has 4 heteroatoms. The lowest BCUT2D eigenvalue weighted by Crippen LogP contribution is -2.18. The van der Waals surface area contributed by atoms with Gasteiger partial charge >= 0.3 is 0 Å². The molecule has 1 aromatic rings. The van der Waals surface area contributed by atoms with Crippen LogP contribution in [0.25, 0.3) is 0 Å². The molecule has 72 valence electrons. The Morgan fingerprint density at radius 2 is 2.38 bits per heavy atom. The van der Waals surface area contributed by atoms with Crippen LogP contribution >= 0.6 is 38.9 Å². The first kappa shape index (κ1) is 11.2. The van der Waals surface area contributed by atoms with Gasteiger partial charge in [-0.05, 0) is 35.1 Å². The molecule has 0 bridgehead atoms. The molecule has 1 heterocycles. The highest BCUT2D eigenvalue weighted by molar-refractivity contribution is 9.11. The number of halogens is 2. The lowest BCUT2D eigenvalue weighted by Gasteiger charge is -2.13. The fraction of sp³-hybridized carbons (Fsp3) is 0.333. The first-order chi connectivity index (χ1) is 6.08. The average Bonchev–Trinajstić information content (AvgIpc) is 2.33. The van der Waals surface area contributed by atoms with Gasteiger partial charge in [0.15, 0.2) is 0 Å². The van der Waals surface area contributed by atoms with Gasteiger partial charge in [0.25, 0.3) is 0 Å². The van der Waals surface area contributed by atoms with Crippen LogP contribution in [0, 0.1) is 0 Å². The normalized spacial score (nSPS) is 10.8. The number of likely N-dealkylation sites (N-methyl/N-ethyl adjacent to an activating group) is 1. The van der Waals surface area contributed by atoms with Gasteiger partial charge in [-0.1, -0.05) is 18.2 Å². The Kier molecular flexibility index (Phi) is 4.46. The van der Waals surface area contributed by atoms with Crippen LogP contribution in [0.5, 0.6) is 0 Å². The fourth-order valence-electron chi connectivity index (χ4n) is 1.05. The van der Waals surface area contributed by atoms with Crippen LogP contribution in [0.1, 0.15) is 4.88 Å². The Balaban J connectivity index is 2.44. The zero-order valence-electron chi connectivity index (χ0n) is 7.39. The Bertz CT molecular complexity index is 298. The Morgan fingerprint density at radius 1 is 1.69 bits per heavy atom. The molecule has 13 heavy (non-hydrogen) atoms. The summed E-state index contributed by atoms with van der Waals surface area (Å²) in [4.78, 5) is 3.46. The van der Waals surface area contributed by atoms with Gasteiger partial charge in [-0.3, -0.25) is 4.90 Å². The minimum absolute atomic E-state index is 0.679. The van der Waals surface area contributed by atoms with Crippen LogP contribution in [0.3, 0.4) is 0 Å². The Hall–Kier alpha value is 0.170. The second-order valence-electron chi connectivity index (χ2n) is 2.90. The van der Waals surface area contributed by atoms with Crippen LogP contribution < -0.4 is 0 Å². The molecule has 1 rings (SSSR count).